The second-order valence-electron chi connectivity index (χ2n) is 5.96. The van der Waals surface area contributed by atoms with Crippen LogP contribution in [0, 0.1) is 11.8 Å². The first-order chi connectivity index (χ1) is 8.34. The maximum Gasteiger partial charge on any atom is 0.00415 e. The van der Waals surface area contributed by atoms with Crippen LogP contribution in [-0.2, 0) is 0 Å². The van der Waals surface area contributed by atoms with Gasteiger partial charge in [0, 0.05) is 6.04 Å². The second-order valence-corrected chi connectivity index (χ2v) is 5.96. The van der Waals surface area contributed by atoms with E-state index in [1.807, 2.05) is 0 Å². The van der Waals surface area contributed by atoms with Crippen LogP contribution in [-0.4, -0.2) is 6.04 Å². The Morgan fingerprint density at radius 1 is 0.941 bits per heavy atom. The Balaban J connectivity index is 1.64. The predicted octanol–water partition coefficient (Wildman–Crippen LogP) is 3.70. The minimum Gasteiger partial charge on any atom is -0.328 e. The molecule has 4 atom stereocenters. The fourth-order valence-corrected chi connectivity index (χ4v) is 3.65. The molecule has 0 bridgehead atoms. The molecule has 3 rings (SSSR count). The number of hydrogen-bond acceptors (Lipinski definition) is 1. The SMILES string of the molecule is NC1CCCCC(C2CC2c2ccccc2)C1. The summed E-state index contributed by atoms with van der Waals surface area (Å²) in [5.41, 5.74) is 7.73. The highest BCUT2D eigenvalue weighted by molar-refractivity contribution is 5.26. The Morgan fingerprint density at radius 3 is 2.53 bits per heavy atom. The molecular formula is C16H23N. The van der Waals surface area contributed by atoms with Crippen LogP contribution in [0.5, 0.6) is 0 Å². The summed E-state index contributed by atoms with van der Waals surface area (Å²) in [6, 6.07) is 11.5. The van der Waals surface area contributed by atoms with E-state index in [4.69, 9.17) is 5.73 Å². The minimum absolute atomic E-state index is 0.472. The Hall–Kier alpha value is -0.820. The molecule has 0 heterocycles. The van der Waals surface area contributed by atoms with Crippen LogP contribution in [0.2, 0.25) is 0 Å². The maximum absolute atomic E-state index is 6.17. The highest BCUT2D eigenvalue weighted by Crippen LogP contribution is 2.54. The summed E-state index contributed by atoms with van der Waals surface area (Å²) in [6.45, 7) is 0. The van der Waals surface area contributed by atoms with E-state index in [2.05, 4.69) is 30.3 Å². The summed E-state index contributed by atoms with van der Waals surface area (Å²) in [7, 11) is 0. The van der Waals surface area contributed by atoms with Crippen molar-refractivity contribution in [2.75, 3.05) is 0 Å². The Morgan fingerprint density at radius 2 is 1.71 bits per heavy atom. The van der Waals surface area contributed by atoms with Gasteiger partial charge in [-0.1, -0.05) is 49.6 Å². The lowest BCUT2D eigenvalue weighted by atomic mass is 9.91. The first-order valence-electron chi connectivity index (χ1n) is 7.15. The zero-order valence-corrected chi connectivity index (χ0v) is 10.5. The van der Waals surface area contributed by atoms with Crippen LogP contribution in [0.15, 0.2) is 30.3 Å². The average Bonchev–Trinajstić information content (AvgIpc) is 3.14. The van der Waals surface area contributed by atoms with Crippen LogP contribution in [0.3, 0.4) is 0 Å². The molecule has 0 radical (unpaired) electrons. The van der Waals surface area contributed by atoms with E-state index in [-0.39, 0.29) is 0 Å². The molecule has 1 nitrogen and oxygen atoms in total. The van der Waals surface area contributed by atoms with Gasteiger partial charge in [-0.05, 0) is 42.6 Å². The fourth-order valence-electron chi connectivity index (χ4n) is 3.65. The van der Waals surface area contributed by atoms with Crippen molar-refractivity contribution < 1.29 is 0 Å². The number of nitrogens with two attached hydrogens (primary N) is 1. The third kappa shape index (κ3) is 2.55. The van der Waals surface area contributed by atoms with Crippen molar-refractivity contribution >= 4 is 0 Å². The van der Waals surface area contributed by atoms with E-state index < -0.39 is 0 Å². The van der Waals surface area contributed by atoms with Gasteiger partial charge in [-0.15, -0.1) is 0 Å². The first-order valence-corrected chi connectivity index (χ1v) is 7.15. The molecular weight excluding hydrogens is 206 g/mol. The average molecular weight is 229 g/mol. The molecule has 1 aromatic rings. The lowest BCUT2D eigenvalue weighted by Crippen LogP contribution is -2.22. The molecule has 0 saturated heterocycles. The molecule has 4 unspecified atom stereocenters. The summed E-state index contributed by atoms with van der Waals surface area (Å²) < 4.78 is 0. The van der Waals surface area contributed by atoms with Gasteiger partial charge in [-0.2, -0.15) is 0 Å². The summed E-state index contributed by atoms with van der Waals surface area (Å²) in [6.07, 6.45) is 8.09. The Labute approximate surface area is 104 Å². The van der Waals surface area contributed by atoms with Gasteiger partial charge in [-0.3, -0.25) is 0 Å². The smallest absolute Gasteiger partial charge is 0.00415 e. The van der Waals surface area contributed by atoms with Gasteiger partial charge in [-0.25, -0.2) is 0 Å². The fraction of sp³-hybridized carbons (Fsp3) is 0.625. The summed E-state index contributed by atoms with van der Waals surface area (Å²) >= 11 is 0. The first kappa shape index (κ1) is 11.3. The highest BCUT2D eigenvalue weighted by Gasteiger charge is 2.43. The molecule has 92 valence electrons. The van der Waals surface area contributed by atoms with Crippen molar-refractivity contribution in [3.63, 3.8) is 0 Å². The monoisotopic (exact) mass is 229 g/mol. The Kier molecular flexibility index (Phi) is 3.19. The zero-order valence-electron chi connectivity index (χ0n) is 10.5. The largest absolute Gasteiger partial charge is 0.328 e. The molecule has 2 N–H and O–H groups in total. The molecule has 2 aliphatic carbocycles. The molecule has 1 heteroatoms. The third-order valence-corrected chi connectivity index (χ3v) is 4.68. The van der Waals surface area contributed by atoms with Crippen molar-refractivity contribution in [1.82, 2.24) is 0 Å². The number of benzene rings is 1. The summed E-state index contributed by atoms with van der Waals surface area (Å²) in [4.78, 5) is 0. The quantitative estimate of drug-likeness (QED) is 0.769. The van der Waals surface area contributed by atoms with Gasteiger partial charge in [0.25, 0.3) is 0 Å². The van der Waals surface area contributed by atoms with E-state index >= 15 is 0 Å². The van der Waals surface area contributed by atoms with Gasteiger partial charge in [0.1, 0.15) is 0 Å². The van der Waals surface area contributed by atoms with Crippen molar-refractivity contribution in [1.29, 1.82) is 0 Å². The number of hydrogen-bond donors (Lipinski definition) is 1. The van der Waals surface area contributed by atoms with Crippen molar-refractivity contribution in [2.45, 2.75) is 50.5 Å². The van der Waals surface area contributed by atoms with E-state index in [1.165, 1.54) is 38.5 Å². The molecule has 0 spiro atoms. The van der Waals surface area contributed by atoms with Gasteiger partial charge in [0.15, 0.2) is 0 Å². The van der Waals surface area contributed by atoms with Crippen LogP contribution < -0.4 is 5.73 Å². The summed E-state index contributed by atoms with van der Waals surface area (Å²) in [5, 5.41) is 0. The van der Waals surface area contributed by atoms with Crippen molar-refractivity contribution in [2.24, 2.45) is 17.6 Å². The third-order valence-electron chi connectivity index (χ3n) is 4.68. The van der Waals surface area contributed by atoms with E-state index in [9.17, 15) is 0 Å². The number of rotatable bonds is 2. The molecule has 0 aliphatic heterocycles. The van der Waals surface area contributed by atoms with Gasteiger partial charge in [0.05, 0.1) is 0 Å². The lowest BCUT2D eigenvalue weighted by molar-refractivity contribution is 0.380. The molecule has 0 aromatic heterocycles. The molecule has 2 aliphatic rings. The second kappa shape index (κ2) is 4.81. The van der Waals surface area contributed by atoms with Crippen molar-refractivity contribution in [3.8, 4) is 0 Å². The normalized spacial score (nSPS) is 37.5. The topological polar surface area (TPSA) is 26.0 Å². The molecule has 1 aromatic carbocycles. The predicted molar refractivity (Wildman–Crippen MR) is 71.8 cm³/mol. The lowest BCUT2D eigenvalue weighted by Gasteiger charge is -2.17. The summed E-state index contributed by atoms with van der Waals surface area (Å²) in [5.74, 6) is 2.67. The van der Waals surface area contributed by atoms with Gasteiger partial charge >= 0.3 is 0 Å². The molecule has 17 heavy (non-hydrogen) atoms. The molecule has 2 fully saturated rings. The van der Waals surface area contributed by atoms with Crippen LogP contribution in [0.25, 0.3) is 0 Å². The standard InChI is InChI=1S/C16H23N/c17-14-9-5-4-8-13(10-14)16-11-15(16)12-6-2-1-3-7-12/h1-3,6-7,13-16H,4-5,8-11,17H2. The van der Waals surface area contributed by atoms with Crippen LogP contribution >= 0.6 is 0 Å². The van der Waals surface area contributed by atoms with Crippen LogP contribution in [0.4, 0.5) is 0 Å². The molecule has 2 saturated carbocycles. The van der Waals surface area contributed by atoms with E-state index in [0.717, 1.165) is 17.8 Å². The minimum atomic E-state index is 0.472. The Bertz CT molecular complexity index is 359. The molecule has 0 amide bonds. The van der Waals surface area contributed by atoms with E-state index in [1.54, 1.807) is 5.56 Å². The van der Waals surface area contributed by atoms with Gasteiger partial charge < -0.3 is 5.73 Å². The zero-order chi connectivity index (χ0) is 11.7. The van der Waals surface area contributed by atoms with E-state index in [0.29, 0.717) is 6.04 Å². The maximum atomic E-state index is 6.17. The highest BCUT2D eigenvalue weighted by atomic mass is 14.6. The van der Waals surface area contributed by atoms with Crippen LogP contribution in [0.1, 0.15) is 50.0 Å². The van der Waals surface area contributed by atoms with Gasteiger partial charge in [0.2, 0.25) is 0 Å². The van der Waals surface area contributed by atoms with Crippen molar-refractivity contribution in [3.05, 3.63) is 35.9 Å².